The van der Waals surface area contributed by atoms with Crippen LogP contribution in [0.4, 0.5) is 5.69 Å². The first-order chi connectivity index (χ1) is 14.2. The van der Waals surface area contributed by atoms with Gasteiger partial charge in [0.05, 0.1) is 23.9 Å². The molecular weight excluding hydrogens is 493 g/mol. The van der Waals surface area contributed by atoms with Crippen molar-refractivity contribution in [2.75, 3.05) is 11.5 Å². The first-order valence-corrected chi connectivity index (χ1v) is 11.4. The third-order valence-corrected chi connectivity index (χ3v) is 7.21. The third-order valence-electron chi connectivity index (χ3n) is 6.54. The molecule has 0 radical (unpaired) electrons. The van der Waals surface area contributed by atoms with Gasteiger partial charge in [-0.3, -0.25) is 4.79 Å². The zero-order valence-corrected chi connectivity index (χ0v) is 19.7. The summed E-state index contributed by atoms with van der Waals surface area (Å²) in [6.45, 7) is 5.92. The van der Waals surface area contributed by atoms with Gasteiger partial charge in [-0.05, 0) is 66.6 Å². The number of aliphatic hydroxyl groups is 2. The molecule has 2 N–H and O–H groups in total. The number of fused-ring (bicyclic) bond motifs is 2. The normalized spacial score (nSPS) is 28.4. The van der Waals surface area contributed by atoms with Crippen molar-refractivity contribution in [2.24, 2.45) is 11.8 Å². The van der Waals surface area contributed by atoms with E-state index in [1.165, 1.54) is 0 Å². The highest BCUT2D eigenvalue weighted by molar-refractivity contribution is 14.1. The van der Waals surface area contributed by atoms with E-state index in [0.29, 0.717) is 13.0 Å². The Morgan fingerprint density at radius 2 is 1.90 bits per heavy atom. The molecule has 2 aromatic carbocycles. The maximum Gasteiger partial charge on any atom is 0.264 e. The fraction of sp³-hybridized carbons (Fsp3) is 0.458. The lowest BCUT2D eigenvalue weighted by atomic mass is 9.71. The molecule has 2 heterocycles. The second kappa shape index (κ2) is 7.89. The van der Waals surface area contributed by atoms with E-state index in [2.05, 4.69) is 22.6 Å². The lowest BCUT2D eigenvalue weighted by Gasteiger charge is -2.34. The Hall–Kier alpha value is -1.48. The fourth-order valence-electron chi connectivity index (χ4n) is 5.37. The van der Waals surface area contributed by atoms with Crippen molar-refractivity contribution in [1.29, 1.82) is 0 Å². The largest absolute Gasteiger partial charge is 0.396 e. The Morgan fingerprint density at radius 1 is 1.20 bits per heavy atom. The van der Waals surface area contributed by atoms with Gasteiger partial charge in [0.15, 0.2) is 5.60 Å². The maximum absolute atomic E-state index is 14.0. The van der Waals surface area contributed by atoms with Gasteiger partial charge in [0, 0.05) is 27.6 Å². The van der Waals surface area contributed by atoms with Gasteiger partial charge >= 0.3 is 0 Å². The van der Waals surface area contributed by atoms with Crippen LogP contribution < -0.4 is 4.90 Å². The highest BCUT2D eigenvalue weighted by atomic mass is 127. The molecule has 0 aliphatic carbocycles. The van der Waals surface area contributed by atoms with Crippen molar-refractivity contribution in [3.8, 4) is 0 Å². The first-order valence-electron chi connectivity index (χ1n) is 10.4. The molecule has 2 aliphatic rings. The van der Waals surface area contributed by atoms with Crippen LogP contribution in [-0.2, 0) is 21.7 Å². The molecular formula is C24H28INO4. The molecule has 4 atom stereocenters. The van der Waals surface area contributed by atoms with Crippen LogP contribution in [-0.4, -0.2) is 34.4 Å². The van der Waals surface area contributed by atoms with Crippen molar-refractivity contribution in [1.82, 2.24) is 0 Å². The fourth-order valence-corrected chi connectivity index (χ4v) is 5.86. The van der Waals surface area contributed by atoms with Gasteiger partial charge in [-0.1, -0.05) is 37.3 Å². The number of anilines is 1. The molecule has 0 saturated carbocycles. The number of hydrogen-bond donors (Lipinski definition) is 2. The Kier molecular flexibility index (Phi) is 5.72. The lowest BCUT2D eigenvalue weighted by molar-refractivity contribution is -0.146. The van der Waals surface area contributed by atoms with Gasteiger partial charge in [0.1, 0.15) is 0 Å². The summed E-state index contributed by atoms with van der Waals surface area (Å²) in [5, 5.41) is 20.6. The summed E-state index contributed by atoms with van der Waals surface area (Å²) in [5.74, 6) is -0.624. The maximum atomic E-state index is 14.0. The second-order valence-electron chi connectivity index (χ2n) is 8.91. The molecule has 0 bridgehead atoms. The second-order valence-corrected chi connectivity index (χ2v) is 10.2. The van der Waals surface area contributed by atoms with Gasteiger partial charge in [-0.2, -0.15) is 0 Å². The smallest absolute Gasteiger partial charge is 0.264 e. The van der Waals surface area contributed by atoms with E-state index in [0.717, 1.165) is 20.4 Å². The molecule has 0 unspecified atom stereocenters. The minimum absolute atomic E-state index is 0.0544. The third kappa shape index (κ3) is 3.38. The molecule has 4 rings (SSSR count). The van der Waals surface area contributed by atoms with Gasteiger partial charge < -0.3 is 19.8 Å². The van der Waals surface area contributed by atoms with E-state index in [-0.39, 0.29) is 24.3 Å². The first kappa shape index (κ1) is 21.7. The molecule has 2 aliphatic heterocycles. The lowest BCUT2D eigenvalue weighted by Crippen LogP contribution is -2.46. The molecule has 1 fully saturated rings. The Labute approximate surface area is 191 Å². The highest BCUT2D eigenvalue weighted by Gasteiger charge is 2.65. The van der Waals surface area contributed by atoms with E-state index >= 15 is 0 Å². The Bertz CT molecular complexity index is 942. The molecule has 2 aromatic rings. The van der Waals surface area contributed by atoms with E-state index in [1.54, 1.807) is 18.7 Å². The van der Waals surface area contributed by atoms with Crippen LogP contribution in [0.25, 0.3) is 0 Å². The molecule has 5 nitrogen and oxygen atoms in total. The van der Waals surface area contributed by atoms with Crippen LogP contribution in [0.3, 0.4) is 0 Å². The van der Waals surface area contributed by atoms with E-state index < -0.39 is 17.3 Å². The van der Waals surface area contributed by atoms with Crippen molar-refractivity contribution >= 4 is 34.2 Å². The Balaban J connectivity index is 1.83. The predicted molar refractivity (Wildman–Crippen MR) is 124 cm³/mol. The number of amides is 1. The van der Waals surface area contributed by atoms with Crippen LogP contribution in [0.2, 0.25) is 0 Å². The van der Waals surface area contributed by atoms with Crippen molar-refractivity contribution in [3.63, 3.8) is 0 Å². The monoisotopic (exact) mass is 521 g/mol. The zero-order chi connectivity index (χ0) is 21.7. The molecule has 30 heavy (non-hydrogen) atoms. The topological polar surface area (TPSA) is 70.0 Å². The predicted octanol–water partition coefficient (Wildman–Crippen LogP) is 3.84. The minimum Gasteiger partial charge on any atom is -0.396 e. The molecule has 160 valence electrons. The number of aliphatic hydroxyl groups excluding tert-OH is 1. The van der Waals surface area contributed by atoms with Crippen molar-refractivity contribution in [2.45, 2.75) is 51.0 Å². The number of benzene rings is 2. The van der Waals surface area contributed by atoms with Crippen LogP contribution in [0.5, 0.6) is 0 Å². The van der Waals surface area contributed by atoms with Gasteiger partial charge in [-0.15, -0.1) is 0 Å². The average molecular weight is 521 g/mol. The number of hydrogen-bond acceptors (Lipinski definition) is 4. The van der Waals surface area contributed by atoms with Crippen LogP contribution >= 0.6 is 22.6 Å². The number of rotatable bonds is 5. The SMILES string of the molecule is C[C@@H]1[C@@H](C(C)(C)O)[C@H](CCO)O[C@@]12C(=O)N(Cc1ccccc1)c1ccc(I)cc12. The number of carbonyl (C=O) groups is 1. The van der Waals surface area contributed by atoms with E-state index in [4.69, 9.17) is 4.74 Å². The average Bonchev–Trinajstić information content (AvgIpc) is 3.10. The minimum atomic E-state index is -1.16. The van der Waals surface area contributed by atoms with Gasteiger partial charge in [0.25, 0.3) is 5.91 Å². The van der Waals surface area contributed by atoms with Gasteiger partial charge in [0.2, 0.25) is 0 Å². The Morgan fingerprint density at radius 3 is 2.53 bits per heavy atom. The quantitative estimate of drug-likeness (QED) is 0.587. The number of carbonyl (C=O) groups excluding carboxylic acids is 1. The summed E-state index contributed by atoms with van der Waals surface area (Å²) in [7, 11) is 0. The molecule has 1 amide bonds. The summed E-state index contributed by atoms with van der Waals surface area (Å²) in [5.41, 5.74) is 0.560. The summed E-state index contributed by atoms with van der Waals surface area (Å²) in [6, 6.07) is 15.9. The van der Waals surface area contributed by atoms with Crippen molar-refractivity contribution < 1.29 is 19.7 Å². The number of halogens is 1. The van der Waals surface area contributed by atoms with Crippen molar-refractivity contribution in [3.05, 3.63) is 63.2 Å². The van der Waals surface area contributed by atoms with E-state index in [9.17, 15) is 15.0 Å². The van der Waals surface area contributed by atoms with Crippen LogP contribution in [0, 0.1) is 15.4 Å². The van der Waals surface area contributed by atoms with Crippen LogP contribution in [0.1, 0.15) is 38.3 Å². The van der Waals surface area contributed by atoms with Crippen LogP contribution in [0.15, 0.2) is 48.5 Å². The van der Waals surface area contributed by atoms with Gasteiger partial charge in [-0.25, -0.2) is 0 Å². The van der Waals surface area contributed by atoms with E-state index in [1.807, 2.05) is 55.5 Å². The zero-order valence-electron chi connectivity index (χ0n) is 17.5. The summed E-state index contributed by atoms with van der Waals surface area (Å²) in [6.07, 6.45) is -0.0252. The molecule has 1 saturated heterocycles. The molecule has 6 heteroatoms. The summed E-state index contributed by atoms with van der Waals surface area (Å²) < 4.78 is 7.58. The molecule has 1 spiro atoms. The molecule has 0 aromatic heterocycles. The highest BCUT2D eigenvalue weighted by Crippen LogP contribution is 2.58. The number of nitrogens with zero attached hydrogens (tertiary/aromatic N) is 1. The summed E-state index contributed by atoms with van der Waals surface area (Å²) in [4.78, 5) is 15.8. The summed E-state index contributed by atoms with van der Waals surface area (Å²) >= 11 is 2.26. The standard InChI is InChI=1S/C24H28INO4/c1-15-21(23(2,3)29)20(11-12-27)30-24(15)18-13-17(25)9-10-19(18)26(22(24)28)14-16-7-5-4-6-8-16/h4-10,13,15,20-21,27,29H,11-12,14H2,1-3H3/t15-,20+,21-,24+/m1/s1. The number of ether oxygens (including phenoxy) is 1.